The molecule has 2 aromatic rings. The van der Waals surface area contributed by atoms with Gasteiger partial charge in [-0.3, -0.25) is 0 Å². The van der Waals surface area contributed by atoms with Gasteiger partial charge in [-0.05, 0) is 53.4 Å². The second kappa shape index (κ2) is 7.87. The van der Waals surface area contributed by atoms with E-state index in [0.29, 0.717) is 11.5 Å². The largest absolute Gasteiger partial charge is 0.478 e. The van der Waals surface area contributed by atoms with Crippen molar-refractivity contribution in [3.63, 3.8) is 0 Å². The highest BCUT2D eigenvalue weighted by molar-refractivity contribution is 5.87. The van der Waals surface area contributed by atoms with Crippen molar-refractivity contribution in [1.82, 2.24) is 0 Å². The van der Waals surface area contributed by atoms with E-state index in [1.54, 1.807) is 12.1 Å². The predicted molar refractivity (Wildman–Crippen MR) is 100 cm³/mol. The lowest BCUT2D eigenvalue weighted by molar-refractivity contribution is 0.0697. The Morgan fingerprint density at radius 2 is 1.72 bits per heavy atom. The summed E-state index contributed by atoms with van der Waals surface area (Å²) in [6, 6.07) is 12.1. The first-order valence-corrected chi connectivity index (χ1v) is 8.13. The molecule has 0 saturated heterocycles. The SMILES string of the molecule is CC(C)c1cc(C(O)C#Cc2ccc(C(=O)O)cc2)ccc1N(C)C. The van der Waals surface area contributed by atoms with Crippen molar-refractivity contribution in [1.29, 1.82) is 0 Å². The van der Waals surface area contributed by atoms with Crippen LogP contribution in [0.5, 0.6) is 0 Å². The van der Waals surface area contributed by atoms with Gasteiger partial charge in [-0.25, -0.2) is 4.79 Å². The Bertz CT molecular complexity index is 811. The molecule has 0 fully saturated rings. The van der Waals surface area contributed by atoms with Crippen molar-refractivity contribution in [2.24, 2.45) is 0 Å². The second-order valence-corrected chi connectivity index (χ2v) is 6.42. The van der Waals surface area contributed by atoms with E-state index in [2.05, 4.69) is 30.6 Å². The normalized spacial score (nSPS) is 11.6. The zero-order valence-electron chi connectivity index (χ0n) is 14.9. The molecule has 1 unspecified atom stereocenters. The van der Waals surface area contributed by atoms with Crippen molar-refractivity contribution in [3.8, 4) is 11.8 Å². The fourth-order valence-electron chi connectivity index (χ4n) is 2.54. The highest BCUT2D eigenvalue weighted by Gasteiger charge is 2.12. The molecule has 2 N–H and O–H groups in total. The number of anilines is 1. The van der Waals surface area contributed by atoms with E-state index >= 15 is 0 Å². The van der Waals surface area contributed by atoms with Gasteiger partial charge in [-0.15, -0.1) is 0 Å². The van der Waals surface area contributed by atoms with Crippen molar-refractivity contribution >= 4 is 11.7 Å². The number of hydrogen-bond donors (Lipinski definition) is 2. The number of rotatable bonds is 4. The van der Waals surface area contributed by atoms with Crippen LogP contribution in [-0.2, 0) is 0 Å². The molecule has 0 aromatic heterocycles. The van der Waals surface area contributed by atoms with Crippen LogP contribution in [0.25, 0.3) is 0 Å². The molecule has 0 heterocycles. The van der Waals surface area contributed by atoms with E-state index in [9.17, 15) is 9.90 Å². The van der Waals surface area contributed by atoms with E-state index in [-0.39, 0.29) is 5.56 Å². The lowest BCUT2D eigenvalue weighted by atomic mass is 9.96. The van der Waals surface area contributed by atoms with Gasteiger partial charge in [0.1, 0.15) is 6.10 Å². The van der Waals surface area contributed by atoms with Crippen LogP contribution < -0.4 is 4.90 Å². The fraction of sp³-hybridized carbons (Fsp3) is 0.286. The summed E-state index contributed by atoms with van der Waals surface area (Å²) < 4.78 is 0. The van der Waals surface area contributed by atoms with Gasteiger partial charge in [0.2, 0.25) is 0 Å². The highest BCUT2D eigenvalue weighted by atomic mass is 16.4. The number of benzene rings is 2. The van der Waals surface area contributed by atoms with Crippen LogP contribution in [0.3, 0.4) is 0 Å². The number of aliphatic hydroxyl groups excluding tert-OH is 1. The molecule has 1 atom stereocenters. The van der Waals surface area contributed by atoms with E-state index in [4.69, 9.17) is 5.11 Å². The van der Waals surface area contributed by atoms with Crippen LogP contribution in [0, 0.1) is 11.8 Å². The van der Waals surface area contributed by atoms with Gasteiger partial charge in [0, 0.05) is 25.3 Å². The molecule has 0 aliphatic heterocycles. The summed E-state index contributed by atoms with van der Waals surface area (Å²) in [7, 11) is 4.00. The predicted octanol–water partition coefficient (Wildman–Crippen LogP) is 3.66. The van der Waals surface area contributed by atoms with E-state index in [0.717, 1.165) is 16.8 Å². The Kier molecular flexibility index (Phi) is 5.84. The standard InChI is InChI=1S/C21H23NO3/c1-14(2)18-13-17(10-11-19(18)22(3)4)20(23)12-7-15-5-8-16(9-6-15)21(24)25/h5-6,8-11,13-14,20,23H,1-4H3,(H,24,25). The Labute approximate surface area is 148 Å². The van der Waals surface area contributed by atoms with Gasteiger partial charge in [-0.1, -0.05) is 31.8 Å². The van der Waals surface area contributed by atoms with Gasteiger partial charge in [0.15, 0.2) is 0 Å². The summed E-state index contributed by atoms with van der Waals surface area (Å²) in [5, 5.41) is 19.3. The average Bonchev–Trinajstić information content (AvgIpc) is 2.59. The molecule has 4 heteroatoms. The van der Waals surface area contributed by atoms with Crippen LogP contribution in [0.4, 0.5) is 5.69 Å². The summed E-state index contributed by atoms with van der Waals surface area (Å²) in [5.41, 5.74) is 3.92. The first-order valence-electron chi connectivity index (χ1n) is 8.13. The lowest BCUT2D eigenvalue weighted by Gasteiger charge is -2.21. The summed E-state index contributed by atoms with van der Waals surface area (Å²) >= 11 is 0. The topological polar surface area (TPSA) is 60.8 Å². The molecular formula is C21H23NO3. The van der Waals surface area contributed by atoms with Crippen LogP contribution in [-0.4, -0.2) is 30.3 Å². The molecule has 2 aromatic carbocycles. The average molecular weight is 337 g/mol. The number of hydrogen-bond acceptors (Lipinski definition) is 3. The van der Waals surface area contributed by atoms with Gasteiger partial charge >= 0.3 is 5.97 Å². The van der Waals surface area contributed by atoms with Crippen LogP contribution >= 0.6 is 0 Å². The molecule has 2 rings (SSSR count). The molecule has 0 aliphatic carbocycles. The molecule has 0 saturated carbocycles. The third-order valence-electron chi connectivity index (χ3n) is 3.96. The van der Waals surface area contributed by atoms with E-state index in [1.807, 2.05) is 32.3 Å². The van der Waals surface area contributed by atoms with Crippen molar-refractivity contribution < 1.29 is 15.0 Å². The maximum absolute atomic E-state index is 10.8. The molecule has 130 valence electrons. The maximum Gasteiger partial charge on any atom is 0.335 e. The number of carboxylic acid groups (broad SMARTS) is 1. The van der Waals surface area contributed by atoms with Crippen molar-refractivity contribution in [2.75, 3.05) is 19.0 Å². The number of aromatic carboxylic acids is 1. The van der Waals surface area contributed by atoms with Crippen LogP contribution in [0.1, 0.15) is 52.9 Å². The first-order chi connectivity index (χ1) is 11.8. The Morgan fingerprint density at radius 1 is 1.08 bits per heavy atom. The second-order valence-electron chi connectivity index (χ2n) is 6.42. The number of carbonyl (C=O) groups is 1. The van der Waals surface area contributed by atoms with Crippen molar-refractivity contribution in [3.05, 3.63) is 64.7 Å². The van der Waals surface area contributed by atoms with Gasteiger partial charge < -0.3 is 15.1 Å². The number of aliphatic hydroxyl groups is 1. The van der Waals surface area contributed by atoms with E-state index < -0.39 is 12.1 Å². The molecule has 0 bridgehead atoms. The minimum Gasteiger partial charge on any atom is -0.478 e. The molecule has 0 spiro atoms. The summed E-state index contributed by atoms with van der Waals surface area (Å²) in [4.78, 5) is 12.9. The third kappa shape index (κ3) is 4.62. The minimum absolute atomic E-state index is 0.215. The Morgan fingerprint density at radius 3 is 2.24 bits per heavy atom. The zero-order valence-corrected chi connectivity index (χ0v) is 14.9. The minimum atomic E-state index is -0.971. The molecule has 0 amide bonds. The lowest BCUT2D eigenvalue weighted by Crippen LogP contribution is -2.12. The highest BCUT2D eigenvalue weighted by Crippen LogP contribution is 2.29. The third-order valence-corrected chi connectivity index (χ3v) is 3.96. The fourth-order valence-corrected chi connectivity index (χ4v) is 2.54. The molecule has 0 radical (unpaired) electrons. The Hall–Kier alpha value is -2.77. The monoisotopic (exact) mass is 337 g/mol. The molecular weight excluding hydrogens is 314 g/mol. The van der Waals surface area contributed by atoms with Crippen LogP contribution in [0.15, 0.2) is 42.5 Å². The van der Waals surface area contributed by atoms with Gasteiger partial charge in [-0.2, -0.15) is 0 Å². The maximum atomic E-state index is 10.8. The smallest absolute Gasteiger partial charge is 0.335 e. The van der Waals surface area contributed by atoms with E-state index in [1.165, 1.54) is 12.1 Å². The Balaban J connectivity index is 2.25. The molecule has 4 nitrogen and oxygen atoms in total. The first kappa shape index (κ1) is 18.6. The van der Waals surface area contributed by atoms with Crippen LogP contribution in [0.2, 0.25) is 0 Å². The number of carboxylic acids is 1. The molecule has 0 aliphatic rings. The summed E-state index contributed by atoms with van der Waals surface area (Å²) in [6.07, 6.45) is -0.895. The van der Waals surface area contributed by atoms with Crippen molar-refractivity contribution in [2.45, 2.75) is 25.9 Å². The van der Waals surface area contributed by atoms with Gasteiger partial charge in [0.25, 0.3) is 0 Å². The summed E-state index contributed by atoms with van der Waals surface area (Å²) in [6.45, 7) is 4.24. The zero-order chi connectivity index (χ0) is 18.6. The number of nitrogens with zero attached hydrogens (tertiary/aromatic N) is 1. The summed E-state index contributed by atoms with van der Waals surface area (Å²) in [5.74, 6) is 5.08. The quantitative estimate of drug-likeness (QED) is 0.836. The molecule has 25 heavy (non-hydrogen) atoms. The van der Waals surface area contributed by atoms with Gasteiger partial charge in [0.05, 0.1) is 5.56 Å².